The summed E-state index contributed by atoms with van der Waals surface area (Å²) in [6.07, 6.45) is 0. The standard InChI is InChI=1S/C14H11NO2S/c1-16-11-7-6-9(14(15)18)12-8-4-2-3-5-10(8)17-13(11)12/h2-7H,1H3,(H2,15,18). The van der Waals surface area contributed by atoms with Gasteiger partial charge in [0.2, 0.25) is 0 Å². The average Bonchev–Trinajstić information content (AvgIpc) is 2.76. The molecule has 0 saturated heterocycles. The summed E-state index contributed by atoms with van der Waals surface area (Å²) in [6.45, 7) is 0. The quantitative estimate of drug-likeness (QED) is 0.716. The number of methoxy groups -OCH3 is 1. The Balaban J connectivity index is 2.56. The van der Waals surface area contributed by atoms with Crippen molar-refractivity contribution in [2.75, 3.05) is 7.11 Å². The van der Waals surface area contributed by atoms with E-state index in [9.17, 15) is 0 Å². The van der Waals surface area contributed by atoms with Crippen LogP contribution in [0.2, 0.25) is 0 Å². The molecule has 0 fully saturated rings. The van der Waals surface area contributed by atoms with Crippen molar-refractivity contribution in [1.82, 2.24) is 0 Å². The van der Waals surface area contributed by atoms with Gasteiger partial charge < -0.3 is 14.9 Å². The maximum absolute atomic E-state index is 5.83. The maximum Gasteiger partial charge on any atom is 0.177 e. The highest BCUT2D eigenvalue weighted by molar-refractivity contribution is 7.80. The van der Waals surface area contributed by atoms with Crippen LogP contribution in [0.1, 0.15) is 5.56 Å². The molecule has 0 saturated carbocycles. The lowest BCUT2D eigenvalue weighted by Crippen LogP contribution is -2.09. The smallest absolute Gasteiger partial charge is 0.177 e. The minimum absolute atomic E-state index is 0.356. The van der Waals surface area contributed by atoms with E-state index in [-0.39, 0.29) is 0 Å². The highest BCUT2D eigenvalue weighted by Gasteiger charge is 2.16. The predicted molar refractivity (Wildman–Crippen MR) is 76.2 cm³/mol. The number of rotatable bonds is 2. The van der Waals surface area contributed by atoms with Crippen LogP contribution < -0.4 is 10.5 Å². The van der Waals surface area contributed by atoms with E-state index in [1.54, 1.807) is 7.11 Å². The van der Waals surface area contributed by atoms with Crippen LogP contribution in [0.4, 0.5) is 0 Å². The van der Waals surface area contributed by atoms with E-state index in [2.05, 4.69) is 0 Å². The molecule has 0 aliphatic rings. The van der Waals surface area contributed by atoms with E-state index in [1.807, 2.05) is 36.4 Å². The van der Waals surface area contributed by atoms with Crippen LogP contribution >= 0.6 is 12.2 Å². The first-order valence-electron chi connectivity index (χ1n) is 5.50. The second-order valence-corrected chi connectivity index (χ2v) is 4.42. The highest BCUT2D eigenvalue weighted by atomic mass is 32.1. The molecular weight excluding hydrogens is 246 g/mol. The van der Waals surface area contributed by atoms with Crippen molar-refractivity contribution >= 4 is 39.1 Å². The van der Waals surface area contributed by atoms with Crippen molar-refractivity contribution in [3.05, 3.63) is 42.0 Å². The fourth-order valence-corrected chi connectivity index (χ4v) is 2.34. The number of hydrogen-bond donors (Lipinski definition) is 1. The molecule has 0 aliphatic carbocycles. The van der Waals surface area contributed by atoms with Gasteiger partial charge in [-0.3, -0.25) is 0 Å². The molecule has 3 nitrogen and oxygen atoms in total. The number of nitrogens with two attached hydrogens (primary N) is 1. The van der Waals surface area contributed by atoms with Gasteiger partial charge in [0, 0.05) is 16.3 Å². The molecule has 0 amide bonds. The fraction of sp³-hybridized carbons (Fsp3) is 0.0714. The molecule has 90 valence electrons. The Morgan fingerprint density at radius 2 is 2.00 bits per heavy atom. The van der Waals surface area contributed by atoms with E-state index in [0.717, 1.165) is 21.9 Å². The largest absolute Gasteiger partial charge is 0.493 e. The van der Waals surface area contributed by atoms with Crippen LogP contribution in [-0.2, 0) is 0 Å². The Morgan fingerprint density at radius 3 is 2.72 bits per heavy atom. The van der Waals surface area contributed by atoms with Crippen molar-refractivity contribution in [3.63, 3.8) is 0 Å². The van der Waals surface area contributed by atoms with Gasteiger partial charge >= 0.3 is 0 Å². The molecule has 0 spiro atoms. The molecule has 4 heteroatoms. The summed E-state index contributed by atoms with van der Waals surface area (Å²) in [5.41, 5.74) is 8.07. The molecule has 18 heavy (non-hydrogen) atoms. The molecule has 1 aromatic heterocycles. The number of hydrogen-bond acceptors (Lipinski definition) is 3. The zero-order valence-electron chi connectivity index (χ0n) is 9.77. The van der Waals surface area contributed by atoms with Gasteiger partial charge in [-0.25, -0.2) is 0 Å². The second kappa shape index (κ2) is 3.99. The first-order valence-corrected chi connectivity index (χ1v) is 5.91. The zero-order valence-corrected chi connectivity index (χ0v) is 10.6. The van der Waals surface area contributed by atoms with E-state index in [1.165, 1.54) is 0 Å². The summed E-state index contributed by atoms with van der Waals surface area (Å²) in [6, 6.07) is 11.5. The van der Waals surface area contributed by atoms with Crippen LogP contribution in [0.25, 0.3) is 21.9 Å². The van der Waals surface area contributed by atoms with Crippen molar-refractivity contribution in [1.29, 1.82) is 0 Å². The van der Waals surface area contributed by atoms with Gasteiger partial charge in [-0.05, 0) is 18.2 Å². The monoisotopic (exact) mass is 257 g/mol. The highest BCUT2D eigenvalue weighted by Crippen LogP contribution is 2.36. The molecule has 0 radical (unpaired) electrons. The van der Waals surface area contributed by atoms with Crippen molar-refractivity contribution in [2.45, 2.75) is 0 Å². The van der Waals surface area contributed by atoms with Crippen molar-refractivity contribution in [3.8, 4) is 5.75 Å². The van der Waals surface area contributed by atoms with Crippen LogP contribution in [0.3, 0.4) is 0 Å². The van der Waals surface area contributed by atoms with Gasteiger partial charge in [-0.15, -0.1) is 0 Å². The van der Waals surface area contributed by atoms with E-state index < -0.39 is 0 Å². The third-order valence-corrected chi connectivity index (χ3v) is 3.20. The lowest BCUT2D eigenvalue weighted by molar-refractivity contribution is 0.412. The summed E-state index contributed by atoms with van der Waals surface area (Å²) >= 11 is 5.09. The maximum atomic E-state index is 5.83. The van der Waals surface area contributed by atoms with Crippen LogP contribution in [-0.4, -0.2) is 12.1 Å². The topological polar surface area (TPSA) is 48.4 Å². The number of benzene rings is 2. The zero-order chi connectivity index (χ0) is 12.7. The van der Waals surface area contributed by atoms with Crippen LogP contribution in [0.5, 0.6) is 5.75 Å². The van der Waals surface area contributed by atoms with Gasteiger partial charge in [-0.1, -0.05) is 30.4 Å². The average molecular weight is 257 g/mol. The fourth-order valence-electron chi connectivity index (χ4n) is 2.17. The molecule has 2 aromatic carbocycles. The summed E-state index contributed by atoms with van der Waals surface area (Å²) < 4.78 is 11.1. The number of ether oxygens (including phenoxy) is 1. The lowest BCUT2D eigenvalue weighted by atomic mass is 10.1. The molecule has 0 aliphatic heterocycles. The Morgan fingerprint density at radius 1 is 1.22 bits per heavy atom. The van der Waals surface area contributed by atoms with Crippen LogP contribution in [0.15, 0.2) is 40.8 Å². The Bertz CT molecular complexity index is 761. The summed E-state index contributed by atoms with van der Waals surface area (Å²) in [5, 5.41) is 1.91. The molecule has 3 rings (SSSR count). The van der Waals surface area contributed by atoms with Gasteiger partial charge in [0.25, 0.3) is 0 Å². The summed E-state index contributed by atoms with van der Waals surface area (Å²) in [4.78, 5) is 0.356. The predicted octanol–water partition coefficient (Wildman–Crippen LogP) is 3.23. The van der Waals surface area contributed by atoms with Crippen LogP contribution in [0, 0.1) is 0 Å². The number of para-hydroxylation sites is 1. The van der Waals surface area contributed by atoms with Crippen molar-refractivity contribution < 1.29 is 9.15 Å². The molecular formula is C14H11NO2S. The van der Waals surface area contributed by atoms with E-state index >= 15 is 0 Å². The minimum atomic E-state index is 0.356. The molecule has 3 aromatic rings. The Kier molecular flexibility index (Phi) is 2.45. The molecule has 0 atom stereocenters. The first kappa shape index (κ1) is 11.0. The molecule has 1 heterocycles. The number of thiocarbonyl (C=S) groups is 1. The third-order valence-electron chi connectivity index (χ3n) is 2.98. The minimum Gasteiger partial charge on any atom is -0.493 e. The summed E-state index contributed by atoms with van der Waals surface area (Å²) in [5.74, 6) is 0.682. The van der Waals surface area contributed by atoms with E-state index in [0.29, 0.717) is 16.3 Å². The number of furan rings is 1. The third kappa shape index (κ3) is 1.46. The summed E-state index contributed by atoms with van der Waals surface area (Å²) in [7, 11) is 1.61. The Labute approximate surface area is 109 Å². The molecule has 0 unspecified atom stereocenters. The number of fused-ring (bicyclic) bond motifs is 3. The first-order chi connectivity index (χ1) is 8.72. The molecule has 2 N–H and O–H groups in total. The van der Waals surface area contributed by atoms with Crippen molar-refractivity contribution in [2.24, 2.45) is 5.73 Å². The Hall–Kier alpha value is -2.07. The molecule has 0 bridgehead atoms. The van der Waals surface area contributed by atoms with Gasteiger partial charge in [0.05, 0.1) is 7.11 Å². The lowest BCUT2D eigenvalue weighted by Gasteiger charge is -2.04. The SMILES string of the molecule is COc1ccc(C(N)=S)c2c1oc1ccccc12. The van der Waals surface area contributed by atoms with Gasteiger partial charge in [-0.2, -0.15) is 0 Å². The van der Waals surface area contributed by atoms with E-state index in [4.69, 9.17) is 27.1 Å². The normalized spacial score (nSPS) is 10.9. The second-order valence-electron chi connectivity index (χ2n) is 3.98. The van der Waals surface area contributed by atoms with Gasteiger partial charge in [0.1, 0.15) is 10.6 Å². The van der Waals surface area contributed by atoms with Gasteiger partial charge in [0.15, 0.2) is 11.3 Å².